The fourth-order valence-electron chi connectivity index (χ4n) is 3.14. The van der Waals surface area contributed by atoms with Crippen LogP contribution in [0.25, 0.3) is 0 Å². The number of nitrogens with two attached hydrogens (primary N) is 1. The van der Waals surface area contributed by atoms with E-state index in [1.807, 2.05) is 0 Å². The van der Waals surface area contributed by atoms with Gasteiger partial charge in [0.1, 0.15) is 6.10 Å². The zero-order chi connectivity index (χ0) is 14.5. The minimum Gasteiger partial charge on any atom is -0.473 e. The van der Waals surface area contributed by atoms with E-state index in [0.717, 1.165) is 30.5 Å². The normalized spacial score (nSPS) is 22.8. The number of hydrogen-bond acceptors (Lipinski definition) is 4. The van der Waals surface area contributed by atoms with Crippen molar-refractivity contribution in [3.63, 3.8) is 0 Å². The quantitative estimate of drug-likeness (QED) is 0.898. The molecule has 0 radical (unpaired) electrons. The highest BCUT2D eigenvalue weighted by atomic mass is 16.5. The molecule has 2 unspecified atom stereocenters. The van der Waals surface area contributed by atoms with Crippen molar-refractivity contribution in [3.8, 4) is 5.88 Å². The number of aryl methyl sites for hydroxylation is 1. The van der Waals surface area contributed by atoms with Crippen LogP contribution in [0.2, 0.25) is 0 Å². The van der Waals surface area contributed by atoms with Crippen LogP contribution in [0.15, 0.2) is 0 Å². The molecule has 1 aliphatic carbocycles. The molecule has 1 saturated carbocycles. The molecule has 1 heterocycles. The van der Waals surface area contributed by atoms with Crippen LogP contribution in [0.5, 0.6) is 5.88 Å². The molecule has 2 N–H and O–H groups in total. The number of hydrogen-bond donors (Lipinski definition) is 1. The summed E-state index contributed by atoms with van der Waals surface area (Å²) in [5.41, 5.74) is 9.27. The Bertz CT molecular complexity index is 448. The molecular weight excluding hydrogens is 250 g/mol. The van der Waals surface area contributed by atoms with Gasteiger partial charge in [-0.3, -0.25) is 0 Å². The molecule has 1 fully saturated rings. The Labute approximate surface area is 122 Å². The second kappa shape index (κ2) is 7.02. The second-order valence-electron chi connectivity index (χ2n) is 5.74. The molecule has 0 aliphatic heterocycles. The fourth-order valence-corrected chi connectivity index (χ4v) is 3.14. The van der Waals surface area contributed by atoms with Gasteiger partial charge in [-0.05, 0) is 43.6 Å². The molecular formula is C16H27N3O. The third kappa shape index (κ3) is 3.11. The maximum atomic E-state index is 6.18. The monoisotopic (exact) mass is 277 g/mol. The Hall–Kier alpha value is -1.16. The van der Waals surface area contributed by atoms with E-state index in [2.05, 4.69) is 31.0 Å². The molecule has 2 atom stereocenters. The van der Waals surface area contributed by atoms with Crippen LogP contribution in [0.3, 0.4) is 0 Å². The van der Waals surface area contributed by atoms with Gasteiger partial charge < -0.3 is 10.5 Å². The third-order valence-corrected chi connectivity index (χ3v) is 4.42. The first-order chi connectivity index (χ1) is 9.71. The highest BCUT2D eigenvalue weighted by molar-refractivity contribution is 5.37. The highest BCUT2D eigenvalue weighted by Gasteiger charge is 2.25. The van der Waals surface area contributed by atoms with Gasteiger partial charge in [-0.1, -0.05) is 27.2 Å². The van der Waals surface area contributed by atoms with E-state index in [4.69, 9.17) is 10.5 Å². The maximum absolute atomic E-state index is 6.18. The summed E-state index contributed by atoms with van der Waals surface area (Å²) in [4.78, 5) is 0. The average molecular weight is 277 g/mol. The first-order valence-corrected chi connectivity index (χ1v) is 7.95. The Morgan fingerprint density at radius 3 is 2.45 bits per heavy atom. The summed E-state index contributed by atoms with van der Waals surface area (Å²) in [5.74, 6) is 1.26. The predicted molar refractivity (Wildman–Crippen MR) is 80.7 cm³/mol. The lowest BCUT2D eigenvalue weighted by Gasteiger charge is -2.29. The predicted octanol–water partition coefficient (Wildman–Crippen LogP) is 3.02. The Balaban J connectivity index is 2.26. The van der Waals surface area contributed by atoms with Gasteiger partial charge in [0.15, 0.2) is 0 Å². The molecule has 0 aromatic carbocycles. The highest BCUT2D eigenvalue weighted by Crippen LogP contribution is 2.30. The number of aromatic nitrogens is 2. The first kappa shape index (κ1) is 15.2. The zero-order valence-corrected chi connectivity index (χ0v) is 13.0. The zero-order valence-electron chi connectivity index (χ0n) is 13.0. The van der Waals surface area contributed by atoms with Crippen LogP contribution < -0.4 is 10.5 Å². The van der Waals surface area contributed by atoms with Crippen molar-refractivity contribution < 1.29 is 4.74 Å². The summed E-state index contributed by atoms with van der Waals surface area (Å²) in [6, 6.07) is 0. The molecule has 4 nitrogen and oxygen atoms in total. The summed E-state index contributed by atoms with van der Waals surface area (Å²) >= 11 is 0. The maximum Gasteiger partial charge on any atom is 0.238 e. The molecule has 1 aromatic heterocycles. The van der Waals surface area contributed by atoms with Gasteiger partial charge in [0, 0.05) is 12.1 Å². The first-order valence-electron chi connectivity index (χ1n) is 7.95. The molecule has 0 bridgehead atoms. The Kier molecular flexibility index (Phi) is 5.35. The van der Waals surface area contributed by atoms with Crippen molar-refractivity contribution in [3.05, 3.63) is 16.8 Å². The van der Waals surface area contributed by atoms with Gasteiger partial charge in [0.05, 0.1) is 5.69 Å². The third-order valence-electron chi connectivity index (χ3n) is 4.42. The van der Waals surface area contributed by atoms with E-state index >= 15 is 0 Å². The van der Waals surface area contributed by atoms with Gasteiger partial charge in [-0.2, -0.15) is 5.10 Å². The van der Waals surface area contributed by atoms with Crippen molar-refractivity contribution in [1.82, 2.24) is 10.2 Å². The van der Waals surface area contributed by atoms with Crippen LogP contribution >= 0.6 is 0 Å². The molecule has 2 rings (SSSR count). The molecule has 112 valence electrons. The Morgan fingerprint density at radius 2 is 1.85 bits per heavy atom. The summed E-state index contributed by atoms with van der Waals surface area (Å²) in [6.45, 7) is 6.98. The van der Waals surface area contributed by atoms with Crippen LogP contribution in [0.1, 0.15) is 63.3 Å². The van der Waals surface area contributed by atoms with E-state index in [1.165, 1.54) is 24.8 Å². The topological polar surface area (TPSA) is 61.0 Å². The molecule has 4 heteroatoms. The van der Waals surface area contributed by atoms with E-state index < -0.39 is 0 Å². The smallest absolute Gasteiger partial charge is 0.238 e. The number of ether oxygens (including phenoxy) is 1. The molecule has 0 saturated heterocycles. The van der Waals surface area contributed by atoms with E-state index in [0.29, 0.717) is 18.3 Å². The second-order valence-corrected chi connectivity index (χ2v) is 5.74. The number of nitrogens with zero attached hydrogens (tertiary/aromatic N) is 2. The molecule has 1 aromatic rings. The SMILES string of the molecule is CCc1nnc(OC2CCCCC2C)c(CN)c1CC. The number of rotatable bonds is 5. The summed E-state index contributed by atoms with van der Waals surface area (Å²) < 4.78 is 6.18. The average Bonchev–Trinajstić information content (AvgIpc) is 2.48. The van der Waals surface area contributed by atoms with Gasteiger partial charge in [-0.15, -0.1) is 5.10 Å². The Morgan fingerprint density at radius 1 is 1.10 bits per heavy atom. The summed E-state index contributed by atoms with van der Waals surface area (Å²) in [7, 11) is 0. The minimum atomic E-state index is 0.264. The summed E-state index contributed by atoms with van der Waals surface area (Å²) in [5, 5.41) is 8.64. The lowest BCUT2D eigenvalue weighted by atomic mass is 9.88. The van der Waals surface area contributed by atoms with Crippen molar-refractivity contribution in [1.29, 1.82) is 0 Å². The van der Waals surface area contributed by atoms with Gasteiger partial charge in [0.2, 0.25) is 5.88 Å². The van der Waals surface area contributed by atoms with E-state index in [1.54, 1.807) is 0 Å². The van der Waals surface area contributed by atoms with Crippen LogP contribution in [-0.2, 0) is 19.4 Å². The standard InChI is InChI=1S/C16H27N3O/c1-4-12-13(10-17)16(19-18-14(12)5-2)20-15-9-7-6-8-11(15)3/h11,15H,4-10,17H2,1-3H3. The summed E-state index contributed by atoms with van der Waals surface area (Å²) in [6.07, 6.45) is 7.00. The molecule has 20 heavy (non-hydrogen) atoms. The molecule has 1 aliphatic rings. The fraction of sp³-hybridized carbons (Fsp3) is 0.750. The van der Waals surface area contributed by atoms with Crippen molar-refractivity contribution >= 4 is 0 Å². The van der Waals surface area contributed by atoms with Crippen LogP contribution in [0.4, 0.5) is 0 Å². The lowest BCUT2D eigenvalue weighted by Crippen LogP contribution is -2.29. The van der Waals surface area contributed by atoms with Gasteiger partial charge in [0.25, 0.3) is 0 Å². The van der Waals surface area contributed by atoms with E-state index in [-0.39, 0.29) is 6.10 Å². The van der Waals surface area contributed by atoms with Crippen molar-refractivity contribution in [2.45, 2.75) is 71.9 Å². The van der Waals surface area contributed by atoms with Crippen LogP contribution in [0, 0.1) is 5.92 Å². The van der Waals surface area contributed by atoms with Crippen molar-refractivity contribution in [2.75, 3.05) is 0 Å². The van der Waals surface area contributed by atoms with Crippen LogP contribution in [-0.4, -0.2) is 16.3 Å². The molecule has 0 amide bonds. The van der Waals surface area contributed by atoms with Crippen molar-refractivity contribution in [2.24, 2.45) is 11.7 Å². The van der Waals surface area contributed by atoms with Gasteiger partial charge in [-0.25, -0.2) is 0 Å². The minimum absolute atomic E-state index is 0.264. The van der Waals surface area contributed by atoms with Gasteiger partial charge >= 0.3 is 0 Å². The van der Waals surface area contributed by atoms with E-state index in [9.17, 15) is 0 Å². The largest absolute Gasteiger partial charge is 0.473 e. The lowest BCUT2D eigenvalue weighted by molar-refractivity contribution is 0.0950. The molecule has 0 spiro atoms.